The standard InChI is InChI=1S/C28H34N2O4/c1-33-25-16-22(28(32)30-12-6-9-24(30)19-7-4-3-5-8-19)23(17-26(25)34-2)29-27(31)15-21-14-18-10-11-20(21)13-18/h3-5,7-8,16-18,20-21,24H,6,9-15H2,1-2H3,(H,29,31)/t18-,20-,21-,24-/m0/s1. The van der Waals surface area contributed by atoms with Gasteiger partial charge >= 0.3 is 0 Å². The van der Waals surface area contributed by atoms with Gasteiger partial charge in [-0.1, -0.05) is 36.8 Å². The molecular formula is C28H34N2O4. The van der Waals surface area contributed by atoms with Crippen molar-refractivity contribution in [2.45, 2.75) is 51.0 Å². The molecule has 6 nitrogen and oxygen atoms in total. The lowest BCUT2D eigenvalue weighted by molar-refractivity contribution is -0.117. The number of likely N-dealkylation sites (tertiary alicyclic amines) is 1. The van der Waals surface area contributed by atoms with E-state index in [0.717, 1.165) is 30.7 Å². The monoisotopic (exact) mass is 462 g/mol. The molecule has 1 heterocycles. The summed E-state index contributed by atoms with van der Waals surface area (Å²) < 4.78 is 11.0. The molecule has 180 valence electrons. The highest BCUT2D eigenvalue weighted by Gasteiger charge is 2.40. The van der Waals surface area contributed by atoms with Gasteiger partial charge in [0.1, 0.15) is 0 Å². The average molecular weight is 463 g/mol. The van der Waals surface area contributed by atoms with Crippen LogP contribution >= 0.6 is 0 Å². The first-order chi connectivity index (χ1) is 16.6. The second-order valence-electron chi connectivity index (χ2n) is 10.0. The van der Waals surface area contributed by atoms with Gasteiger partial charge in [-0.15, -0.1) is 0 Å². The zero-order valence-corrected chi connectivity index (χ0v) is 20.1. The number of hydrogen-bond donors (Lipinski definition) is 1. The summed E-state index contributed by atoms with van der Waals surface area (Å²) in [6.45, 7) is 0.686. The van der Waals surface area contributed by atoms with Crippen molar-refractivity contribution in [1.29, 1.82) is 0 Å². The number of ether oxygens (including phenoxy) is 2. The summed E-state index contributed by atoms with van der Waals surface area (Å²) in [5.41, 5.74) is 2.08. The van der Waals surface area contributed by atoms with E-state index in [-0.39, 0.29) is 17.9 Å². The fourth-order valence-electron chi connectivity index (χ4n) is 6.41. The molecule has 3 fully saturated rings. The summed E-state index contributed by atoms with van der Waals surface area (Å²) >= 11 is 0. The van der Waals surface area contributed by atoms with E-state index in [9.17, 15) is 9.59 Å². The second kappa shape index (κ2) is 9.69. The third-order valence-corrected chi connectivity index (χ3v) is 8.06. The van der Waals surface area contributed by atoms with Crippen LogP contribution in [0.2, 0.25) is 0 Å². The Kier molecular flexibility index (Phi) is 6.48. The highest BCUT2D eigenvalue weighted by Crippen LogP contribution is 2.49. The molecule has 1 aliphatic heterocycles. The van der Waals surface area contributed by atoms with Gasteiger partial charge in [-0.05, 0) is 61.5 Å². The maximum atomic E-state index is 13.8. The van der Waals surface area contributed by atoms with Gasteiger partial charge < -0.3 is 19.7 Å². The molecule has 0 unspecified atom stereocenters. The van der Waals surface area contributed by atoms with Gasteiger partial charge in [-0.3, -0.25) is 9.59 Å². The number of rotatable bonds is 7. The van der Waals surface area contributed by atoms with Crippen LogP contribution in [0.25, 0.3) is 0 Å². The number of methoxy groups -OCH3 is 2. The number of nitrogens with zero attached hydrogens (tertiary/aromatic N) is 1. The maximum absolute atomic E-state index is 13.8. The van der Waals surface area contributed by atoms with E-state index in [0.29, 0.717) is 47.6 Å². The summed E-state index contributed by atoms with van der Waals surface area (Å²) in [7, 11) is 3.12. The molecule has 0 radical (unpaired) electrons. The third kappa shape index (κ3) is 4.38. The summed E-state index contributed by atoms with van der Waals surface area (Å²) in [5.74, 6) is 2.79. The van der Waals surface area contributed by atoms with Gasteiger partial charge in [0.25, 0.3) is 5.91 Å². The zero-order chi connectivity index (χ0) is 23.7. The molecule has 2 amide bonds. The summed E-state index contributed by atoms with van der Waals surface area (Å²) in [6.07, 6.45) is 7.38. The van der Waals surface area contributed by atoms with Gasteiger partial charge in [0.15, 0.2) is 11.5 Å². The number of fused-ring (bicyclic) bond motifs is 2. The van der Waals surface area contributed by atoms with Gasteiger partial charge in [0.05, 0.1) is 31.5 Å². The van der Waals surface area contributed by atoms with E-state index < -0.39 is 0 Å². The van der Waals surface area contributed by atoms with Crippen molar-refractivity contribution in [2.24, 2.45) is 17.8 Å². The molecule has 2 saturated carbocycles. The van der Waals surface area contributed by atoms with Crippen LogP contribution in [-0.4, -0.2) is 37.5 Å². The number of benzene rings is 2. The van der Waals surface area contributed by atoms with Crippen LogP contribution in [0.4, 0.5) is 5.69 Å². The molecule has 2 aromatic carbocycles. The van der Waals surface area contributed by atoms with E-state index in [1.807, 2.05) is 23.1 Å². The number of hydrogen-bond acceptors (Lipinski definition) is 4. The SMILES string of the molecule is COc1cc(NC(=O)C[C@@H]2C[C@H]3CC[C@H]2C3)c(C(=O)N2CCC[C@H]2c2ccccc2)cc1OC. The highest BCUT2D eigenvalue weighted by atomic mass is 16.5. The van der Waals surface area contributed by atoms with Gasteiger partial charge in [0.2, 0.25) is 5.91 Å². The van der Waals surface area contributed by atoms with Crippen LogP contribution in [-0.2, 0) is 4.79 Å². The fraction of sp³-hybridized carbons (Fsp3) is 0.500. The first-order valence-corrected chi connectivity index (χ1v) is 12.5. The molecule has 1 saturated heterocycles. The van der Waals surface area contributed by atoms with Crippen molar-refractivity contribution < 1.29 is 19.1 Å². The first-order valence-electron chi connectivity index (χ1n) is 12.5. The van der Waals surface area contributed by atoms with E-state index in [4.69, 9.17) is 9.47 Å². The first kappa shape index (κ1) is 22.8. The Labute approximate surface area is 201 Å². The molecule has 0 aromatic heterocycles. The van der Waals surface area contributed by atoms with Crippen molar-refractivity contribution in [3.05, 3.63) is 53.6 Å². The minimum atomic E-state index is -0.0949. The molecule has 2 bridgehead atoms. The van der Waals surface area contributed by atoms with Crippen LogP contribution in [0, 0.1) is 17.8 Å². The van der Waals surface area contributed by atoms with E-state index >= 15 is 0 Å². The third-order valence-electron chi connectivity index (χ3n) is 8.06. The molecule has 0 spiro atoms. The average Bonchev–Trinajstić information content (AvgIpc) is 3.61. The number of nitrogens with one attached hydrogen (secondary N) is 1. The lowest BCUT2D eigenvalue weighted by atomic mass is 9.86. The number of amides is 2. The number of anilines is 1. The lowest BCUT2D eigenvalue weighted by Crippen LogP contribution is -2.31. The second-order valence-corrected chi connectivity index (χ2v) is 10.0. The summed E-state index contributed by atoms with van der Waals surface area (Å²) in [4.78, 5) is 28.8. The lowest BCUT2D eigenvalue weighted by Gasteiger charge is -2.27. The van der Waals surface area contributed by atoms with E-state index in [2.05, 4.69) is 17.4 Å². The summed E-state index contributed by atoms with van der Waals surface area (Å²) in [6, 6.07) is 13.6. The molecule has 2 aliphatic carbocycles. The Hall–Kier alpha value is -3.02. The quantitative estimate of drug-likeness (QED) is 0.594. The smallest absolute Gasteiger partial charge is 0.256 e. The number of carbonyl (C=O) groups excluding carboxylic acids is 2. The van der Waals surface area contributed by atoms with Crippen molar-refractivity contribution in [3.8, 4) is 11.5 Å². The Morgan fingerprint density at radius 3 is 2.44 bits per heavy atom. The minimum Gasteiger partial charge on any atom is -0.493 e. The molecule has 1 N–H and O–H groups in total. The minimum absolute atomic E-state index is 0.0272. The molecule has 3 aliphatic rings. The van der Waals surface area contributed by atoms with Crippen LogP contribution in [0.1, 0.15) is 66.9 Å². The van der Waals surface area contributed by atoms with Gasteiger partial charge in [0, 0.05) is 19.0 Å². The van der Waals surface area contributed by atoms with Crippen molar-refractivity contribution >= 4 is 17.5 Å². The molecule has 6 heteroatoms. The molecule has 4 atom stereocenters. The predicted octanol–water partition coefficient (Wildman–Crippen LogP) is 5.45. The van der Waals surface area contributed by atoms with Crippen LogP contribution < -0.4 is 14.8 Å². The van der Waals surface area contributed by atoms with E-state index in [1.165, 1.54) is 19.3 Å². The zero-order valence-electron chi connectivity index (χ0n) is 20.1. The van der Waals surface area contributed by atoms with E-state index in [1.54, 1.807) is 26.4 Å². The Morgan fingerprint density at radius 1 is 1.00 bits per heavy atom. The van der Waals surface area contributed by atoms with Crippen molar-refractivity contribution in [2.75, 3.05) is 26.1 Å². The number of carbonyl (C=O) groups is 2. The normalized spacial score (nSPS) is 25.4. The van der Waals surface area contributed by atoms with Crippen LogP contribution in [0.5, 0.6) is 11.5 Å². The van der Waals surface area contributed by atoms with Crippen molar-refractivity contribution in [1.82, 2.24) is 4.90 Å². The van der Waals surface area contributed by atoms with Crippen molar-refractivity contribution in [3.63, 3.8) is 0 Å². The van der Waals surface area contributed by atoms with Gasteiger partial charge in [-0.2, -0.15) is 0 Å². The topological polar surface area (TPSA) is 67.9 Å². The molecule has 5 rings (SSSR count). The summed E-state index contributed by atoms with van der Waals surface area (Å²) in [5, 5.41) is 3.06. The largest absolute Gasteiger partial charge is 0.493 e. The highest BCUT2D eigenvalue weighted by molar-refractivity contribution is 6.05. The maximum Gasteiger partial charge on any atom is 0.256 e. The van der Waals surface area contributed by atoms with Crippen LogP contribution in [0.3, 0.4) is 0 Å². The Balaban J connectivity index is 1.41. The molecule has 2 aromatic rings. The molecule has 34 heavy (non-hydrogen) atoms. The Bertz CT molecular complexity index is 1050. The van der Waals surface area contributed by atoms with Gasteiger partial charge in [-0.25, -0.2) is 0 Å². The van der Waals surface area contributed by atoms with Crippen LogP contribution in [0.15, 0.2) is 42.5 Å². The Morgan fingerprint density at radius 2 is 1.76 bits per heavy atom. The predicted molar refractivity (Wildman–Crippen MR) is 131 cm³/mol. The fourth-order valence-corrected chi connectivity index (χ4v) is 6.41. The molecular weight excluding hydrogens is 428 g/mol.